The minimum atomic E-state index is -0.301. The monoisotopic (exact) mass is 417 g/mol. The van der Waals surface area contributed by atoms with Crippen molar-refractivity contribution in [2.75, 3.05) is 14.2 Å². The van der Waals surface area contributed by atoms with E-state index in [0.717, 1.165) is 17.0 Å². The van der Waals surface area contributed by atoms with Gasteiger partial charge >= 0.3 is 0 Å². The molecule has 1 aromatic carbocycles. The van der Waals surface area contributed by atoms with Crippen molar-refractivity contribution >= 4 is 17.5 Å². The number of ether oxygens (including phenoxy) is 2. The van der Waals surface area contributed by atoms with E-state index in [-0.39, 0.29) is 17.7 Å². The molecular formula is C21H24ClN3O4. The summed E-state index contributed by atoms with van der Waals surface area (Å²) in [6.07, 6.45) is 0. The van der Waals surface area contributed by atoms with Gasteiger partial charge in [-0.1, -0.05) is 17.7 Å². The van der Waals surface area contributed by atoms with Crippen LogP contribution in [0.15, 0.2) is 34.7 Å². The average molecular weight is 418 g/mol. The molecule has 0 spiro atoms. The van der Waals surface area contributed by atoms with Crippen molar-refractivity contribution in [3.05, 3.63) is 63.8 Å². The number of hydrogen-bond donors (Lipinski definition) is 1. The third-order valence-corrected chi connectivity index (χ3v) is 5.29. The zero-order chi connectivity index (χ0) is 21.1. The van der Waals surface area contributed by atoms with Crippen LogP contribution in [-0.2, 0) is 6.54 Å². The zero-order valence-electron chi connectivity index (χ0n) is 17.1. The predicted molar refractivity (Wildman–Crippen MR) is 110 cm³/mol. The fraction of sp³-hybridized carbons (Fsp3) is 0.333. The molecule has 3 rings (SSSR count). The Labute approximate surface area is 174 Å². The van der Waals surface area contributed by atoms with Crippen LogP contribution in [0.2, 0.25) is 5.02 Å². The molecule has 0 bridgehead atoms. The summed E-state index contributed by atoms with van der Waals surface area (Å²) >= 11 is 6.18. The molecule has 1 atom stereocenters. The Morgan fingerprint density at radius 3 is 2.55 bits per heavy atom. The summed E-state index contributed by atoms with van der Waals surface area (Å²) in [5.74, 6) is 1.80. The number of amides is 1. The van der Waals surface area contributed by atoms with E-state index in [1.54, 1.807) is 37.1 Å². The number of nitrogens with zero attached hydrogens (tertiary/aromatic N) is 2. The zero-order valence-corrected chi connectivity index (χ0v) is 17.8. The van der Waals surface area contributed by atoms with E-state index in [1.165, 1.54) is 0 Å². The van der Waals surface area contributed by atoms with Crippen LogP contribution in [0.3, 0.4) is 0 Å². The molecule has 8 heteroatoms. The number of nitrogens with one attached hydrogen (secondary N) is 1. The van der Waals surface area contributed by atoms with Crippen molar-refractivity contribution in [1.82, 2.24) is 15.1 Å². The summed E-state index contributed by atoms with van der Waals surface area (Å²) in [5, 5.41) is 7.95. The number of carbonyl (C=O) groups is 1. The van der Waals surface area contributed by atoms with Crippen LogP contribution in [-0.4, -0.2) is 29.9 Å². The largest absolute Gasteiger partial charge is 0.493 e. The first-order valence-electron chi connectivity index (χ1n) is 9.15. The first kappa shape index (κ1) is 20.8. The summed E-state index contributed by atoms with van der Waals surface area (Å²) in [6.45, 7) is 6.03. The van der Waals surface area contributed by atoms with Crippen molar-refractivity contribution < 1.29 is 18.7 Å². The molecule has 0 saturated heterocycles. The summed E-state index contributed by atoms with van der Waals surface area (Å²) in [5.41, 5.74) is 2.51. The summed E-state index contributed by atoms with van der Waals surface area (Å²) in [7, 11) is 3.16. The van der Waals surface area contributed by atoms with Gasteiger partial charge in [-0.05, 0) is 50.6 Å². The molecule has 0 aliphatic carbocycles. The molecule has 1 unspecified atom stereocenters. The Kier molecular flexibility index (Phi) is 6.17. The van der Waals surface area contributed by atoms with E-state index >= 15 is 0 Å². The topological polar surface area (TPSA) is 78.5 Å². The number of methoxy groups -OCH3 is 2. The maximum absolute atomic E-state index is 12.6. The fourth-order valence-corrected chi connectivity index (χ4v) is 3.17. The van der Waals surface area contributed by atoms with E-state index in [9.17, 15) is 4.79 Å². The second kappa shape index (κ2) is 8.61. The van der Waals surface area contributed by atoms with E-state index in [2.05, 4.69) is 10.4 Å². The van der Waals surface area contributed by atoms with Crippen LogP contribution in [0.1, 0.15) is 46.2 Å². The highest BCUT2D eigenvalue weighted by molar-refractivity contribution is 6.31. The van der Waals surface area contributed by atoms with Crippen molar-refractivity contribution in [2.45, 2.75) is 33.4 Å². The van der Waals surface area contributed by atoms with Crippen LogP contribution < -0.4 is 14.8 Å². The maximum Gasteiger partial charge on any atom is 0.287 e. The average Bonchev–Trinajstić information content (AvgIpc) is 3.28. The van der Waals surface area contributed by atoms with Crippen molar-refractivity contribution in [3.8, 4) is 11.5 Å². The van der Waals surface area contributed by atoms with Crippen LogP contribution in [0, 0.1) is 13.8 Å². The number of carbonyl (C=O) groups excluding carboxylic acids is 1. The first-order valence-corrected chi connectivity index (χ1v) is 9.52. The molecule has 3 aromatic rings. The Balaban J connectivity index is 1.69. The van der Waals surface area contributed by atoms with E-state index in [4.69, 9.17) is 25.5 Å². The molecule has 0 saturated carbocycles. The van der Waals surface area contributed by atoms with Crippen LogP contribution in [0.4, 0.5) is 0 Å². The predicted octanol–water partition coefficient (Wildman–Crippen LogP) is 4.30. The highest BCUT2D eigenvalue weighted by Gasteiger charge is 2.17. The maximum atomic E-state index is 12.6. The summed E-state index contributed by atoms with van der Waals surface area (Å²) in [6, 6.07) is 8.70. The molecule has 0 radical (unpaired) electrons. The molecule has 1 amide bonds. The number of furan rings is 1. The number of hydrogen-bond acceptors (Lipinski definition) is 5. The molecule has 154 valence electrons. The van der Waals surface area contributed by atoms with Crippen LogP contribution in [0.5, 0.6) is 11.5 Å². The Morgan fingerprint density at radius 1 is 1.21 bits per heavy atom. The number of benzene rings is 1. The van der Waals surface area contributed by atoms with Gasteiger partial charge in [0.25, 0.3) is 5.91 Å². The van der Waals surface area contributed by atoms with Crippen molar-refractivity contribution in [3.63, 3.8) is 0 Å². The second-order valence-electron chi connectivity index (χ2n) is 6.72. The molecule has 1 N–H and O–H groups in total. The van der Waals surface area contributed by atoms with Gasteiger partial charge in [-0.15, -0.1) is 0 Å². The third kappa shape index (κ3) is 4.40. The van der Waals surface area contributed by atoms with Gasteiger partial charge in [0.05, 0.1) is 43.2 Å². The minimum Gasteiger partial charge on any atom is -0.493 e. The lowest BCUT2D eigenvalue weighted by atomic mass is 10.1. The second-order valence-corrected chi connectivity index (χ2v) is 7.10. The molecule has 2 aromatic heterocycles. The lowest BCUT2D eigenvalue weighted by Crippen LogP contribution is -2.26. The van der Waals surface area contributed by atoms with E-state index < -0.39 is 0 Å². The molecule has 2 heterocycles. The van der Waals surface area contributed by atoms with E-state index in [0.29, 0.717) is 28.8 Å². The fourth-order valence-electron chi connectivity index (χ4n) is 3.03. The van der Waals surface area contributed by atoms with Gasteiger partial charge in [0.2, 0.25) is 0 Å². The van der Waals surface area contributed by atoms with Gasteiger partial charge in [-0.3, -0.25) is 9.48 Å². The highest BCUT2D eigenvalue weighted by atomic mass is 35.5. The molecule has 0 aliphatic heterocycles. The molecule has 29 heavy (non-hydrogen) atoms. The van der Waals surface area contributed by atoms with Gasteiger partial charge in [0.1, 0.15) is 5.76 Å². The first-order chi connectivity index (χ1) is 13.8. The standard InChI is InChI=1S/C21H24ClN3O4/c1-12(15-6-8-17(27-4)19(10-15)28-5)23-21(26)18-9-7-16(29-18)11-25-14(3)20(22)13(2)24-25/h6-10,12H,11H2,1-5H3,(H,23,26). The Bertz CT molecular complexity index is 1030. The summed E-state index contributed by atoms with van der Waals surface area (Å²) in [4.78, 5) is 12.6. The number of halogens is 1. The molecule has 7 nitrogen and oxygen atoms in total. The van der Waals surface area contributed by atoms with Crippen molar-refractivity contribution in [1.29, 1.82) is 0 Å². The molecular weight excluding hydrogens is 394 g/mol. The van der Waals surface area contributed by atoms with Gasteiger partial charge in [-0.25, -0.2) is 0 Å². The highest BCUT2D eigenvalue weighted by Crippen LogP contribution is 2.30. The van der Waals surface area contributed by atoms with Crippen molar-refractivity contribution in [2.24, 2.45) is 0 Å². The normalized spacial score (nSPS) is 11.9. The van der Waals surface area contributed by atoms with Gasteiger partial charge in [0.15, 0.2) is 17.3 Å². The number of aryl methyl sites for hydroxylation is 1. The van der Waals surface area contributed by atoms with Gasteiger partial charge in [-0.2, -0.15) is 5.10 Å². The smallest absolute Gasteiger partial charge is 0.287 e. The van der Waals surface area contributed by atoms with Crippen LogP contribution >= 0.6 is 11.6 Å². The third-order valence-electron chi connectivity index (χ3n) is 4.74. The van der Waals surface area contributed by atoms with Gasteiger partial charge < -0.3 is 19.2 Å². The van der Waals surface area contributed by atoms with Gasteiger partial charge in [0, 0.05) is 0 Å². The quantitative estimate of drug-likeness (QED) is 0.620. The Morgan fingerprint density at radius 2 is 1.93 bits per heavy atom. The number of aromatic nitrogens is 2. The SMILES string of the molecule is COc1ccc(C(C)NC(=O)c2ccc(Cn3nc(C)c(Cl)c3C)o2)cc1OC. The minimum absolute atomic E-state index is 0.236. The summed E-state index contributed by atoms with van der Waals surface area (Å²) < 4.78 is 18.0. The molecule has 0 fully saturated rings. The number of rotatable bonds is 7. The van der Waals surface area contributed by atoms with E-state index in [1.807, 2.05) is 32.9 Å². The Hall–Kier alpha value is -2.93. The van der Waals surface area contributed by atoms with Crippen LogP contribution in [0.25, 0.3) is 0 Å². The lowest BCUT2D eigenvalue weighted by molar-refractivity contribution is 0.0909. The lowest BCUT2D eigenvalue weighted by Gasteiger charge is -2.16. The molecule has 0 aliphatic rings.